The first-order chi connectivity index (χ1) is 9.63. The standard InChI is InChI=1S/C13H10BBrN4O/c14-10-4-8(15)3-7(13(10)20)6-16-9-1-2-11-12(5-9)18-19-17-11/h1-6,20H,14H2,(H,17,18,19)/b16-6+. The molecular weight excluding hydrogens is 319 g/mol. The SMILES string of the molecule is Bc1cc(Br)cc(/C=N/c2ccc3[nH]nnc3c2)c1O. The fourth-order valence-corrected chi connectivity index (χ4v) is 2.50. The summed E-state index contributed by atoms with van der Waals surface area (Å²) in [4.78, 5) is 4.36. The Morgan fingerprint density at radius 2 is 2.15 bits per heavy atom. The number of hydrogen-bond acceptors (Lipinski definition) is 4. The highest BCUT2D eigenvalue weighted by Gasteiger charge is 2.04. The van der Waals surface area contributed by atoms with Gasteiger partial charge in [-0.25, -0.2) is 0 Å². The van der Waals surface area contributed by atoms with Crippen molar-refractivity contribution in [2.24, 2.45) is 4.99 Å². The number of phenols is 1. The summed E-state index contributed by atoms with van der Waals surface area (Å²) < 4.78 is 0.904. The Kier molecular flexibility index (Phi) is 3.27. The number of benzene rings is 2. The summed E-state index contributed by atoms with van der Waals surface area (Å²) in [5, 5.41) is 20.5. The largest absolute Gasteiger partial charge is 0.508 e. The first-order valence-corrected chi connectivity index (χ1v) is 6.77. The molecule has 3 aromatic rings. The Hall–Kier alpha value is -2.15. The molecule has 0 aliphatic rings. The number of hydrogen-bond donors (Lipinski definition) is 2. The van der Waals surface area contributed by atoms with E-state index in [0.29, 0.717) is 5.56 Å². The zero-order chi connectivity index (χ0) is 14.1. The molecule has 0 saturated carbocycles. The van der Waals surface area contributed by atoms with E-state index in [-0.39, 0.29) is 5.75 Å². The number of rotatable bonds is 2. The van der Waals surface area contributed by atoms with Crippen molar-refractivity contribution in [1.29, 1.82) is 0 Å². The van der Waals surface area contributed by atoms with Crippen LogP contribution >= 0.6 is 15.9 Å². The average molecular weight is 329 g/mol. The van der Waals surface area contributed by atoms with Gasteiger partial charge in [0.05, 0.1) is 11.2 Å². The molecule has 2 aromatic carbocycles. The fourth-order valence-electron chi connectivity index (χ4n) is 1.91. The summed E-state index contributed by atoms with van der Waals surface area (Å²) in [7, 11) is 1.85. The summed E-state index contributed by atoms with van der Waals surface area (Å²) in [6, 6.07) is 9.24. The molecule has 0 radical (unpaired) electrons. The summed E-state index contributed by atoms with van der Waals surface area (Å²) in [5.41, 5.74) is 3.84. The number of fused-ring (bicyclic) bond motifs is 1. The van der Waals surface area contributed by atoms with Crippen molar-refractivity contribution >= 4 is 52.2 Å². The number of phenolic OH excluding ortho intramolecular Hbond substituents is 1. The topological polar surface area (TPSA) is 74.2 Å². The van der Waals surface area contributed by atoms with Gasteiger partial charge in [0, 0.05) is 16.3 Å². The predicted molar refractivity (Wildman–Crippen MR) is 85.1 cm³/mol. The van der Waals surface area contributed by atoms with Crippen molar-refractivity contribution in [2.75, 3.05) is 0 Å². The highest BCUT2D eigenvalue weighted by molar-refractivity contribution is 9.10. The Labute approximate surface area is 124 Å². The molecule has 0 amide bonds. The van der Waals surface area contributed by atoms with Gasteiger partial charge >= 0.3 is 0 Å². The quantitative estimate of drug-likeness (QED) is 0.552. The van der Waals surface area contributed by atoms with Crippen molar-refractivity contribution in [3.63, 3.8) is 0 Å². The van der Waals surface area contributed by atoms with E-state index in [2.05, 4.69) is 36.3 Å². The van der Waals surface area contributed by atoms with Crippen LogP contribution in [0.2, 0.25) is 0 Å². The molecular formula is C13H10BBrN4O. The van der Waals surface area contributed by atoms with Gasteiger partial charge in [-0.3, -0.25) is 10.1 Å². The molecule has 0 aliphatic carbocycles. The van der Waals surface area contributed by atoms with Crippen LogP contribution in [-0.2, 0) is 0 Å². The van der Waals surface area contributed by atoms with E-state index in [1.165, 1.54) is 0 Å². The number of H-pyrrole nitrogens is 1. The van der Waals surface area contributed by atoms with Crippen molar-refractivity contribution < 1.29 is 5.11 Å². The first-order valence-electron chi connectivity index (χ1n) is 5.97. The second-order valence-electron chi connectivity index (χ2n) is 4.43. The lowest BCUT2D eigenvalue weighted by Crippen LogP contribution is -2.05. The third kappa shape index (κ3) is 2.44. The molecule has 1 heterocycles. The number of halogens is 1. The van der Waals surface area contributed by atoms with Crippen LogP contribution in [-0.4, -0.2) is 34.6 Å². The summed E-state index contributed by atoms with van der Waals surface area (Å²) >= 11 is 3.41. The maximum absolute atomic E-state index is 10.00. The Morgan fingerprint density at radius 1 is 1.30 bits per heavy atom. The Bertz CT molecular complexity index is 815. The normalized spacial score (nSPS) is 11.4. The third-order valence-electron chi connectivity index (χ3n) is 2.96. The first kappa shape index (κ1) is 12.9. The van der Waals surface area contributed by atoms with E-state index in [1.807, 2.05) is 38.2 Å². The maximum Gasteiger partial charge on any atom is 0.144 e. The Morgan fingerprint density at radius 3 is 3.00 bits per heavy atom. The van der Waals surface area contributed by atoms with Gasteiger partial charge in [0.15, 0.2) is 0 Å². The molecule has 98 valence electrons. The molecule has 2 N–H and O–H groups in total. The monoisotopic (exact) mass is 328 g/mol. The van der Waals surface area contributed by atoms with Gasteiger partial charge in [-0.1, -0.05) is 27.2 Å². The van der Waals surface area contributed by atoms with Crippen LogP contribution in [0.15, 0.2) is 39.8 Å². The van der Waals surface area contributed by atoms with Gasteiger partial charge in [-0.15, -0.1) is 5.10 Å². The molecule has 1 aromatic heterocycles. The van der Waals surface area contributed by atoms with Gasteiger partial charge < -0.3 is 5.11 Å². The third-order valence-corrected chi connectivity index (χ3v) is 3.41. The number of aromatic nitrogens is 3. The zero-order valence-electron chi connectivity index (χ0n) is 10.6. The van der Waals surface area contributed by atoms with E-state index in [4.69, 9.17) is 0 Å². The van der Waals surface area contributed by atoms with Crippen molar-refractivity contribution in [3.05, 3.63) is 40.4 Å². The van der Waals surface area contributed by atoms with E-state index >= 15 is 0 Å². The number of nitrogens with one attached hydrogen (secondary N) is 1. The smallest absolute Gasteiger partial charge is 0.144 e. The van der Waals surface area contributed by atoms with Gasteiger partial charge in [-0.2, -0.15) is 0 Å². The van der Waals surface area contributed by atoms with Crippen LogP contribution in [0, 0.1) is 0 Å². The minimum atomic E-state index is 0.236. The number of nitrogens with zero attached hydrogens (tertiary/aromatic N) is 3. The summed E-state index contributed by atoms with van der Waals surface area (Å²) in [6.07, 6.45) is 1.63. The van der Waals surface area contributed by atoms with Gasteiger partial charge in [0.2, 0.25) is 0 Å². The predicted octanol–water partition coefficient (Wildman–Crippen LogP) is 1.43. The van der Waals surface area contributed by atoms with Crippen LogP contribution in [0.4, 0.5) is 5.69 Å². The lowest BCUT2D eigenvalue weighted by molar-refractivity contribution is 0.478. The lowest BCUT2D eigenvalue weighted by atomic mass is 9.93. The van der Waals surface area contributed by atoms with Gasteiger partial charge in [0.25, 0.3) is 0 Å². The minimum Gasteiger partial charge on any atom is -0.508 e. The molecule has 0 fully saturated rings. The second kappa shape index (κ2) is 5.09. The van der Waals surface area contributed by atoms with Crippen LogP contribution in [0.3, 0.4) is 0 Å². The maximum atomic E-state index is 10.00. The molecule has 3 rings (SSSR count). The van der Waals surface area contributed by atoms with Crippen LogP contribution in [0.1, 0.15) is 5.56 Å². The number of aromatic hydroxyl groups is 1. The molecule has 0 saturated heterocycles. The molecule has 0 atom stereocenters. The fraction of sp³-hybridized carbons (Fsp3) is 0. The van der Waals surface area contributed by atoms with Crippen molar-refractivity contribution in [3.8, 4) is 5.75 Å². The van der Waals surface area contributed by atoms with Crippen molar-refractivity contribution in [2.45, 2.75) is 0 Å². The lowest BCUT2D eigenvalue weighted by Gasteiger charge is -2.04. The molecule has 0 unspecified atom stereocenters. The molecule has 0 spiro atoms. The van der Waals surface area contributed by atoms with Gasteiger partial charge in [-0.05, 0) is 29.7 Å². The highest BCUT2D eigenvalue weighted by Crippen LogP contribution is 2.21. The summed E-state index contributed by atoms with van der Waals surface area (Å²) in [6.45, 7) is 0. The van der Waals surface area contributed by atoms with Crippen LogP contribution in [0.25, 0.3) is 11.0 Å². The van der Waals surface area contributed by atoms with Crippen LogP contribution < -0.4 is 5.46 Å². The van der Waals surface area contributed by atoms with Crippen molar-refractivity contribution in [1.82, 2.24) is 15.4 Å². The molecule has 5 nitrogen and oxygen atoms in total. The molecule has 7 heteroatoms. The molecule has 0 bridgehead atoms. The van der Waals surface area contributed by atoms with E-state index in [1.54, 1.807) is 6.21 Å². The molecule has 20 heavy (non-hydrogen) atoms. The van der Waals surface area contributed by atoms with Gasteiger partial charge in [0.1, 0.15) is 19.1 Å². The van der Waals surface area contributed by atoms with E-state index in [0.717, 1.165) is 26.7 Å². The average Bonchev–Trinajstić information content (AvgIpc) is 2.88. The van der Waals surface area contributed by atoms with E-state index < -0.39 is 0 Å². The van der Waals surface area contributed by atoms with Crippen LogP contribution in [0.5, 0.6) is 5.75 Å². The van der Waals surface area contributed by atoms with E-state index in [9.17, 15) is 5.11 Å². The Balaban J connectivity index is 1.97. The minimum absolute atomic E-state index is 0.236. The summed E-state index contributed by atoms with van der Waals surface area (Å²) in [5.74, 6) is 0.236. The second-order valence-corrected chi connectivity index (χ2v) is 5.35. The zero-order valence-corrected chi connectivity index (χ0v) is 12.2. The molecule has 0 aliphatic heterocycles. The number of aromatic amines is 1. The highest BCUT2D eigenvalue weighted by atomic mass is 79.9. The number of aliphatic imine (C=N–C) groups is 1.